The van der Waals surface area contributed by atoms with Gasteiger partial charge in [0.15, 0.2) is 0 Å². The molecule has 0 bridgehead atoms. The molecule has 0 amide bonds. The van der Waals surface area contributed by atoms with Gasteiger partial charge in [0.1, 0.15) is 5.69 Å². The summed E-state index contributed by atoms with van der Waals surface area (Å²) in [6.45, 7) is 0. The maximum atomic E-state index is 8.74. The predicted molar refractivity (Wildman–Crippen MR) is 32.5 cm³/mol. The third-order valence-corrected chi connectivity index (χ3v) is 0.815. The topological polar surface area (TPSA) is 98.0 Å². The highest BCUT2D eigenvalue weighted by molar-refractivity contribution is 5.46. The molecule has 0 saturated carbocycles. The lowest BCUT2D eigenvalue weighted by atomic mass is 10.5. The van der Waals surface area contributed by atoms with E-state index in [1.54, 1.807) is 0 Å². The van der Waals surface area contributed by atoms with Gasteiger partial charge in [-0.15, -0.1) is 0 Å². The SMILES string of the molecule is Nc1ncc(N)c(O)n1. The van der Waals surface area contributed by atoms with Crippen molar-refractivity contribution in [2.75, 3.05) is 11.5 Å². The van der Waals surface area contributed by atoms with Crippen molar-refractivity contribution in [3.05, 3.63) is 6.20 Å². The van der Waals surface area contributed by atoms with Crippen LogP contribution in [0.25, 0.3) is 0 Å². The van der Waals surface area contributed by atoms with Gasteiger partial charge < -0.3 is 16.6 Å². The van der Waals surface area contributed by atoms with E-state index >= 15 is 0 Å². The van der Waals surface area contributed by atoms with Crippen molar-refractivity contribution in [3.63, 3.8) is 0 Å². The molecule has 5 nitrogen and oxygen atoms in total. The van der Waals surface area contributed by atoms with Crippen molar-refractivity contribution < 1.29 is 5.11 Å². The lowest BCUT2D eigenvalue weighted by Gasteiger charge is -1.94. The lowest BCUT2D eigenvalue weighted by Crippen LogP contribution is -1.96. The fourth-order valence-corrected chi connectivity index (χ4v) is 0.395. The van der Waals surface area contributed by atoms with Crippen molar-refractivity contribution in [1.82, 2.24) is 9.97 Å². The third kappa shape index (κ3) is 0.987. The molecule has 1 heterocycles. The minimum absolute atomic E-state index is 0.0155. The molecule has 5 N–H and O–H groups in total. The predicted octanol–water partition coefficient (Wildman–Crippen LogP) is -0.653. The van der Waals surface area contributed by atoms with E-state index in [-0.39, 0.29) is 17.5 Å². The summed E-state index contributed by atoms with van der Waals surface area (Å²) in [6.07, 6.45) is 1.25. The quantitative estimate of drug-likeness (QED) is 0.429. The number of hydrogen-bond donors (Lipinski definition) is 3. The van der Waals surface area contributed by atoms with Crippen LogP contribution in [0.3, 0.4) is 0 Å². The van der Waals surface area contributed by atoms with Gasteiger partial charge in [-0.2, -0.15) is 4.98 Å². The summed E-state index contributed by atoms with van der Waals surface area (Å²) in [5.74, 6) is -0.260. The molecule has 0 aromatic carbocycles. The second kappa shape index (κ2) is 1.77. The molecule has 0 aliphatic rings. The number of nitrogen functional groups attached to an aromatic ring is 2. The van der Waals surface area contributed by atoms with Gasteiger partial charge in [-0.3, -0.25) is 0 Å². The van der Waals surface area contributed by atoms with E-state index in [9.17, 15) is 0 Å². The Hall–Kier alpha value is -1.52. The number of aromatic hydroxyl groups is 1. The average molecular weight is 126 g/mol. The zero-order valence-corrected chi connectivity index (χ0v) is 4.57. The number of nitrogens with two attached hydrogens (primary N) is 2. The highest BCUT2D eigenvalue weighted by Gasteiger charge is 1.96. The van der Waals surface area contributed by atoms with Crippen LogP contribution in [0.15, 0.2) is 6.20 Å². The molecular weight excluding hydrogens is 120 g/mol. The van der Waals surface area contributed by atoms with Gasteiger partial charge >= 0.3 is 0 Å². The number of rotatable bonds is 0. The first-order chi connectivity index (χ1) is 4.20. The van der Waals surface area contributed by atoms with Crippen LogP contribution in [-0.4, -0.2) is 15.1 Å². The number of anilines is 2. The van der Waals surface area contributed by atoms with Crippen molar-refractivity contribution in [2.24, 2.45) is 0 Å². The van der Waals surface area contributed by atoms with Gasteiger partial charge in [0.25, 0.3) is 0 Å². The Morgan fingerprint density at radius 3 is 2.56 bits per heavy atom. The van der Waals surface area contributed by atoms with E-state index in [4.69, 9.17) is 16.6 Å². The molecule has 0 aliphatic heterocycles. The molecule has 5 heteroatoms. The summed E-state index contributed by atoms with van der Waals surface area (Å²) >= 11 is 0. The number of hydrogen-bond acceptors (Lipinski definition) is 5. The van der Waals surface area contributed by atoms with E-state index < -0.39 is 0 Å². The van der Waals surface area contributed by atoms with E-state index in [1.807, 2.05) is 0 Å². The molecule has 0 fully saturated rings. The van der Waals surface area contributed by atoms with Crippen LogP contribution < -0.4 is 11.5 Å². The minimum atomic E-state index is -0.275. The van der Waals surface area contributed by atoms with Crippen LogP contribution in [0.2, 0.25) is 0 Å². The Morgan fingerprint density at radius 2 is 2.11 bits per heavy atom. The summed E-state index contributed by atoms with van der Waals surface area (Å²) in [5, 5.41) is 8.74. The molecule has 0 atom stereocenters. The maximum absolute atomic E-state index is 8.74. The molecule has 0 aliphatic carbocycles. The van der Waals surface area contributed by atoms with Gasteiger partial charge in [-0.25, -0.2) is 4.98 Å². The maximum Gasteiger partial charge on any atom is 0.239 e. The van der Waals surface area contributed by atoms with Gasteiger partial charge in [0.2, 0.25) is 11.8 Å². The van der Waals surface area contributed by atoms with Crippen molar-refractivity contribution in [1.29, 1.82) is 0 Å². The molecule has 0 saturated heterocycles. The van der Waals surface area contributed by atoms with Gasteiger partial charge in [-0.1, -0.05) is 0 Å². The molecule has 9 heavy (non-hydrogen) atoms. The van der Waals surface area contributed by atoms with Crippen LogP contribution in [-0.2, 0) is 0 Å². The van der Waals surface area contributed by atoms with Crippen LogP contribution in [0.1, 0.15) is 0 Å². The fraction of sp³-hybridized carbons (Fsp3) is 0. The molecule has 0 unspecified atom stereocenters. The average Bonchev–Trinajstić information content (AvgIpc) is 1.80. The Balaban J connectivity index is 3.17. The van der Waals surface area contributed by atoms with Crippen molar-refractivity contribution >= 4 is 11.6 Å². The molecular formula is C4H6N4O. The first-order valence-corrected chi connectivity index (χ1v) is 2.27. The standard InChI is InChI=1S/C4H6N4O/c5-2-1-7-4(6)8-3(2)9/h1H,5H2,(H3,6,7,8,9). The van der Waals surface area contributed by atoms with Crippen LogP contribution in [0.5, 0.6) is 5.88 Å². The molecule has 0 spiro atoms. The summed E-state index contributed by atoms with van der Waals surface area (Å²) < 4.78 is 0. The number of nitrogens with zero attached hydrogens (tertiary/aromatic N) is 2. The Bertz CT molecular complexity index is 224. The summed E-state index contributed by atoms with van der Waals surface area (Å²) in [6, 6.07) is 0. The van der Waals surface area contributed by atoms with Crippen molar-refractivity contribution in [2.45, 2.75) is 0 Å². The first kappa shape index (κ1) is 5.61. The second-order valence-electron chi connectivity index (χ2n) is 1.51. The highest BCUT2D eigenvalue weighted by Crippen LogP contribution is 2.13. The number of aromatic nitrogens is 2. The molecule has 1 rings (SSSR count). The van der Waals surface area contributed by atoms with E-state index in [1.165, 1.54) is 6.20 Å². The van der Waals surface area contributed by atoms with Crippen LogP contribution >= 0.6 is 0 Å². The van der Waals surface area contributed by atoms with Gasteiger partial charge in [0.05, 0.1) is 6.20 Å². The normalized spacial score (nSPS) is 9.33. The highest BCUT2D eigenvalue weighted by atomic mass is 16.3. The second-order valence-corrected chi connectivity index (χ2v) is 1.51. The minimum Gasteiger partial charge on any atom is -0.492 e. The van der Waals surface area contributed by atoms with Gasteiger partial charge in [0, 0.05) is 0 Å². The van der Waals surface area contributed by atoms with E-state index in [0.29, 0.717) is 0 Å². The summed E-state index contributed by atoms with van der Waals surface area (Å²) in [5.41, 5.74) is 10.4. The first-order valence-electron chi connectivity index (χ1n) is 2.27. The Labute approximate surface area is 51.3 Å². The molecule has 48 valence electrons. The molecule has 0 radical (unpaired) electrons. The third-order valence-electron chi connectivity index (χ3n) is 0.815. The monoisotopic (exact) mass is 126 g/mol. The fourth-order valence-electron chi connectivity index (χ4n) is 0.395. The smallest absolute Gasteiger partial charge is 0.239 e. The van der Waals surface area contributed by atoms with Crippen LogP contribution in [0, 0.1) is 0 Å². The zero-order valence-electron chi connectivity index (χ0n) is 4.57. The Morgan fingerprint density at radius 1 is 1.44 bits per heavy atom. The van der Waals surface area contributed by atoms with Gasteiger partial charge in [-0.05, 0) is 0 Å². The Kier molecular flexibility index (Phi) is 1.11. The van der Waals surface area contributed by atoms with E-state index in [2.05, 4.69) is 9.97 Å². The lowest BCUT2D eigenvalue weighted by molar-refractivity contribution is 0.456. The summed E-state index contributed by atoms with van der Waals surface area (Å²) in [4.78, 5) is 6.89. The van der Waals surface area contributed by atoms with Crippen LogP contribution in [0.4, 0.5) is 11.6 Å². The van der Waals surface area contributed by atoms with Crippen molar-refractivity contribution in [3.8, 4) is 5.88 Å². The zero-order chi connectivity index (χ0) is 6.85. The molecule has 1 aromatic heterocycles. The van der Waals surface area contributed by atoms with E-state index in [0.717, 1.165) is 0 Å². The summed E-state index contributed by atoms with van der Waals surface area (Å²) in [7, 11) is 0. The molecule has 1 aromatic rings. The largest absolute Gasteiger partial charge is 0.492 e.